The summed E-state index contributed by atoms with van der Waals surface area (Å²) >= 11 is 5.28. The van der Waals surface area contributed by atoms with Crippen LogP contribution in [0.3, 0.4) is 0 Å². The smallest absolute Gasteiger partial charge is 0.213 e. The van der Waals surface area contributed by atoms with E-state index in [2.05, 4.69) is 19.4 Å². The molecule has 13 heavy (non-hydrogen) atoms. The standard InChI is InChI=1S/C5H8ClN3O3S/c6-1-2-13(10,11)8-3-5-7-4-12-9-5/h4,8H,1-3H2. The van der Waals surface area contributed by atoms with Crippen LogP contribution in [-0.4, -0.2) is 30.2 Å². The van der Waals surface area contributed by atoms with Gasteiger partial charge in [-0.1, -0.05) is 5.16 Å². The van der Waals surface area contributed by atoms with Crippen molar-refractivity contribution < 1.29 is 12.9 Å². The van der Waals surface area contributed by atoms with Crippen molar-refractivity contribution in [1.82, 2.24) is 14.9 Å². The van der Waals surface area contributed by atoms with Crippen LogP contribution < -0.4 is 4.72 Å². The van der Waals surface area contributed by atoms with E-state index in [4.69, 9.17) is 11.6 Å². The van der Waals surface area contributed by atoms with E-state index < -0.39 is 10.0 Å². The van der Waals surface area contributed by atoms with Gasteiger partial charge in [-0.2, -0.15) is 4.98 Å². The van der Waals surface area contributed by atoms with E-state index in [1.54, 1.807) is 0 Å². The van der Waals surface area contributed by atoms with Crippen LogP contribution in [-0.2, 0) is 16.6 Å². The van der Waals surface area contributed by atoms with Gasteiger partial charge in [0.2, 0.25) is 16.4 Å². The Kier molecular flexibility index (Phi) is 3.64. The average molecular weight is 226 g/mol. The molecule has 1 rings (SSSR count). The molecule has 0 atom stereocenters. The van der Waals surface area contributed by atoms with Crippen LogP contribution in [0.4, 0.5) is 0 Å². The van der Waals surface area contributed by atoms with Crippen LogP contribution in [0.5, 0.6) is 0 Å². The Hall–Kier alpha value is -0.660. The third-order valence-electron chi connectivity index (χ3n) is 1.20. The lowest BCUT2D eigenvalue weighted by molar-refractivity contribution is 0.409. The summed E-state index contributed by atoms with van der Waals surface area (Å²) in [5.74, 6) is 0.228. The van der Waals surface area contributed by atoms with E-state index >= 15 is 0 Å². The van der Waals surface area contributed by atoms with E-state index in [-0.39, 0.29) is 24.0 Å². The number of aromatic nitrogens is 2. The molecule has 0 saturated carbocycles. The summed E-state index contributed by atoms with van der Waals surface area (Å²) in [5.41, 5.74) is 0. The maximum absolute atomic E-state index is 11.0. The minimum absolute atomic E-state index is 0.0235. The number of alkyl halides is 1. The van der Waals surface area contributed by atoms with Gasteiger partial charge in [0.05, 0.1) is 12.3 Å². The highest BCUT2D eigenvalue weighted by Crippen LogP contribution is 1.91. The van der Waals surface area contributed by atoms with Crippen LogP contribution in [0, 0.1) is 0 Å². The lowest BCUT2D eigenvalue weighted by atomic mass is 10.6. The average Bonchev–Trinajstić information content (AvgIpc) is 2.52. The number of sulfonamides is 1. The molecule has 0 aliphatic rings. The third kappa shape index (κ3) is 3.71. The molecule has 0 fully saturated rings. The van der Waals surface area contributed by atoms with Crippen molar-refractivity contribution in [2.24, 2.45) is 0 Å². The monoisotopic (exact) mass is 225 g/mol. The molecule has 0 spiro atoms. The Morgan fingerprint density at radius 3 is 2.92 bits per heavy atom. The summed E-state index contributed by atoms with van der Waals surface area (Å²) < 4.78 is 28.8. The van der Waals surface area contributed by atoms with E-state index in [0.29, 0.717) is 0 Å². The maximum atomic E-state index is 11.0. The van der Waals surface area contributed by atoms with Gasteiger partial charge in [0.1, 0.15) is 0 Å². The third-order valence-corrected chi connectivity index (χ3v) is 2.94. The predicted molar refractivity (Wildman–Crippen MR) is 45.6 cm³/mol. The zero-order chi connectivity index (χ0) is 9.73. The molecular weight excluding hydrogens is 218 g/mol. The van der Waals surface area contributed by atoms with Gasteiger partial charge in [-0.25, -0.2) is 13.1 Å². The number of hydrogen-bond acceptors (Lipinski definition) is 5. The van der Waals surface area contributed by atoms with Gasteiger partial charge in [-0.15, -0.1) is 11.6 Å². The lowest BCUT2D eigenvalue weighted by Crippen LogP contribution is -2.27. The molecule has 0 aliphatic carbocycles. The molecule has 0 aliphatic heterocycles. The molecule has 0 bridgehead atoms. The quantitative estimate of drug-likeness (QED) is 0.698. The van der Waals surface area contributed by atoms with Gasteiger partial charge in [-0.05, 0) is 0 Å². The summed E-state index contributed by atoms with van der Waals surface area (Å²) in [7, 11) is -3.31. The highest BCUT2D eigenvalue weighted by molar-refractivity contribution is 7.89. The number of rotatable bonds is 5. The summed E-state index contributed by atoms with van der Waals surface area (Å²) in [6.07, 6.45) is 1.13. The minimum Gasteiger partial charge on any atom is -0.343 e. The first kappa shape index (κ1) is 10.4. The molecule has 1 heterocycles. The van der Waals surface area contributed by atoms with Gasteiger partial charge >= 0.3 is 0 Å². The first-order chi connectivity index (χ1) is 6.14. The minimum atomic E-state index is -3.31. The second-order valence-electron chi connectivity index (χ2n) is 2.18. The summed E-state index contributed by atoms with van der Waals surface area (Å²) in [6, 6.07) is 0. The van der Waals surface area contributed by atoms with Crippen molar-refractivity contribution in [1.29, 1.82) is 0 Å². The highest BCUT2D eigenvalue weighted by Gasteiger charge is 2.09. The molecular formula is C5H8ClN3O3S. The Balaban J connectivity index is 2.43. The van der Waals surface area contributed by atoms with Crippen LogP contribution in [0.1, 0.15) is 5.82 Å². The fourth-order valence-corrected chi connectivity index (χ4v) is 1.92. The Morgan fingerprint density at radius 1 is 1.62 bits per heavy atom. The summed E-state index contributed by atoms with van der Waals surface area (Å²) in [4.78, 5) is 3.64. The van der Waals surface area contributed by atoms with E-state index in [1.165, 1.54) is 0 Å². The zero-order valence-electron chi connectivity index (χ0n) is 6.60. The summed E-state index contributed by atoms with van der Waals surface area (Å²) in [5, 5.41) is 3.43. The van der Waals surface area contributed by atoms with Gasteiger partial charge in [-0.3, -0.25) is 0 Å². The van der Waals surface area contributed by atoms with Crippen molar-refractivity contribution in [2.75, 3.05) is 11.6 Å². The molecule has 0 saturated heterocycles. The lowest BCUT2D eigenvalue weighted by Gasteiger charge is -2.00. The largest absolute Gasteiger partial charge is 0.343 e. The Labute approximate surface area is 80.3 Å². The fourth-order valence-electron chi connectivity index (χ4n) is 0.619. The second-order valence-corrected chi connectivity index (χ2v) is 4.48. The van der Waals surface area contributed by atoms with Crippen LogP contribution in [0.15, 0.2) is 10.9 Å². The topological polar surface area (TPSA) is 85.1 Å². The number of hydrogen-bond donors (Lipinski definition) is 1. The molecule has 6 nitrogen and oxygen atoms in total. The highest BCUT2D eigenvalue weighted by atomic mass is 35.5. The van der Waals surface area contributed by atoms with Crippen LogP contribution in [0.25, 0.3) is 0 Å². The molecule has 0 unspecified atom stereocenters. The van der Waals surface area contributed by atoms with Crippen molar-refractivity contribution in [3.63, 3.8) is 0 Å². The number of nitrogens with one attached hydrogen (secondary N) is 1. The predicted octanol–water partition coefficient (Wildman–Crippen LogP) is -0.272. The van der Waals surface area contributed by atoms with Crippen molar-refractivity contribution in [2.45, 2.75) is 6.54 Å². The van der Waals surface area contributed by atoms with Crippen LogP contribution >= 0.6 is 11.6 Å². The fraction of sp³-hybridized carbons (Fsp3) is 0.600. The molecule has 8 heteroatoms. The molecule has 0 aromatic carbocycles. The molecule has 1 aromatic rings. The van der Waals surface area contributed by atoms with Gasteiger partial charge in [0.15, 0.2) is 5.82 Å². The van der Waals surface area contributed by atoms with E-state index in [1.807, 2.05) is 0 Å². The first-order valence-electron chi connectivity index (χ1n) is 3.42. The molecule has 74 valence electrons. The first-order valence-corrected chi connectivity index (χ1v) is 5.61. The maximum Gasteiger partial charge on any atom is 0.213 e. The van der Waals surface area contributed by atoms with Gasteiger partial charge < -0.3 is 4.52 Å². The molecule has 0 radical (unpaired) electrons. The molecule has 1 aromatic heterocycles. The number of halogens is 1. The molecule has 1 N–H and O–H groups in total. The molecule has 0 amide bonds. The van der Waals surface area contributed by atoms with Crippen molar-refractivity contribution in [3.8, 4) is 0 Å². The second kappa shape index (κ2) is 4.54. The van der Waals surface area contributed by atoms with Crippen molar-refractivity contribution >= 4 is 21.6 Å². The number of nitrogens with zero attached hydrogens (tertiary/aromatic N) is 2. The van der Waals surface area contributed by atoms with Crippen molar-refractivity contribution in [3.05, 3.63) is 12.2 Å². The zero-order valence-corrected chi connectivity index (χ0v) is 8.18. The Bertz CT molecular complexity index is 336. The SMILES string of the molecule is O=S(=O)(CCCl)NCc1ncon1. The Morgan fingerprint density at radius 2 is 2.38 bits per heavy atom. The summed E-state index contributed by atoms with van der Waals surface area (Å²) in [6.45, 7) is 0.0235. The van der Waals surface area contributed by atoms with E-state index in [9.17, 15) is 8.42 Å². The van der Waals surface area contributed by atoms with Gasteiger partial charge in [0.25, 0.3) is 0 Å². The van der Waals surface area contributed by atoms with Gasteiger partial charge in [0, 0.05) is 5.88 Å². The van der Waals surface area contributed by atoms with E-state index in [0.717, 1.165) is 6.39 Å². The van der Waals surface area contributed by atoms with Crippen LogP contribution in [0.2, 0.25) is 0 Å². The normalized spacial score (nSPS) is 11.8.